The van der Waals surface area contributed by atoms with Crippen molar-refractivity contribution < 1.29 is 4.52 Å². The lowest BCUT2D eigenvalue weighted by molar-refractivity contribution is 0.365. The maximum absolute atomic E-state index is 5.26. The molecule has 5 heteroatoms. The first-order chi connectivity index (χ1) is 9.76. The molecule has 0 aliphatic rings. The molecule has 5 nitrogen and oxygen atoms in total. The number of para-hydroxylation sites is 1. The molecule has 0 spiro atoms. The van der Waals surface area contributed by atoms with Crippen molar-refractivity contribution in [3.63, 3.8) is 0 Å². The molecule has 0 saturated carbocycles. The van der Waals surface area contributed by atoms with Gasteiger partial charge in [0.05, 0.1) is 5.52 Å². The summed E-state index contributed by atoms with van der Waals surface area (Å²) in [5.74, 6) is 1.16. The first-order valence-corrected chi connectivity index (χ1v) is 6.62. The second-order valence-electron chi connectivity index (χ2n) is 4.79. The summed E-state index contributed by atoms with van der Waals surface area (Å²) < 4.78 is 5.26. The summed E-state index contributed by atoms with van der Waals surface area (Å²) in [5, 5.41) is 8.25. The molecule has 2 heterocycles. The predicted octanol–water partition coefficient (Wildman–Crippen LogP) is 2.44. The lowest BCUT2D eigenvalue weighted by Crippen LogP contribution is -2.23. The minimum Gasteiger partial charge on any atom is -0.339 e. The Balaban J connectivity index is 1.91. The Morgan fingerprint density at radius 3 is 2.85 bits per heavy atom. The number of benzene rings is 1. The monoisotopic (exact) mass is 268 g/mol. The molecule has 0 amide bonds. The zero-order chi connectivity index (χ0) is 13.9. The lowest BCUT2D eigenvalue weighted by Gasteiger charge is -2.04. The Morgan fingerprint density at radius 2 is 2.00 bits per heavy atom. The Morgan fingerprint density at radius 1 is 1.15 bits per heavy atom. The standard InChI is InChI=1S/C15H16N4O/c1-10(16-2)9-14-18-15(19-20-14)13-8-7-11-5-3-4-6-12(11)17-13/h3-8,10,16H,9H2,1-2H3. The number of hydrogen-bond acceptors (Lipinski definition) is 5. The largest absolute Gasteiger partial charge is 0.339 e. The van der Waals surface area contributed by atoms with Gasteiger partial charge in [-0.05, 0) is 26.1 Å². The number of likely N-dealkylation sites (N-methyl/N-ethyl adjacent to an activating group) is 1. The fraction of sp³-hybridized carbons (Fsp3) is 0.267. The number of nitrogens with one attached hydrogen (secondary N) is 1. The van der Waals surface area contributed by atoms with Crippen LogP contribution in [0.25, 0.3) is 22.4 Å². The van der Waals surface area contributed by atoms with Gasteiger partial charge in [0.25, 0.3) is 0 Å². The highest BCUT2D eigenvalue weighted by molar-refractivity contribution is 5.80. The van der Waals surface area contributed by atoms with E-state index in [1.807, 2.05) is 43.4 Å². The molecule has 20 heavy (non-hydrogen) atoms. The number of hydrogen-bond donors (Lipinski definition) is 1. The molecule has 1 N–H and O–H groups in total. The summed E-state index contributed by atoms with van der Waals surface area (Å²) in [6.45, 7) is 2.07. The summed E-state index contributed by atoms with van der Waals surface area (Å²) >= 11 is 0. The zero-order valence-corrected chi connectivity index (χ0v) is 11.5. The van der Waals surface area contributed by atoms with Gasteiger partial charge in [0, 0.05) is 17.8 Å². The van der Waals surface area contributed by atoms with Crippen LogP contribution in [0.4, 0.5) is 0 Å². The van der Waals surface area contributed by atoms with Crippen LogP contribution in [0.15, 0.2) is 40.9 Å². The molecule has 0 fully saturated rings. The second kappa shape index (κ2) is 5.38. The van der Waals surface area contributed by atoms with Crippen molar-refractivity contribution in [1.29, 1.82) is 0 Å². The first-order valence-electron chi connectivity index (χ1n) is 6.62. The molecule has 0 aliphatic carbocycles. The zero-order valence-electron chi connectivity index (χ0n) is 11.5. The number of pyridine rings is 1. The minimum atomic E-state index is 0.299. The molecular formula is C15H16N4O. The third-order valence-corrected chi connectivity index (χ3v) is 3.27. The summed E-state index contributed by atoms with van der Waals surface area (Å²) in [4.78, 5) is 8.95. The third kappa shape index (κ3) is 2.53. The van der Waals surface area contributed by atoms with Crippen LogP contribution >= 0.6 is 0 Å². The van der Waals surface area contributed by atoms with Crippen molar-refractivity contribution in [2.24, 2.45) is 0 Å². The number of nitrogens with zero attached hydrogens (tertiary/aromatic N) is 3. The van der Waals surface area contributed by atoms with E-state index in [0.29, 0.717) is 24.2 Å². The molecule has 0 aliphatic heterocycles. The van der Waals surface area contributed by atoms with Crippen molar-refractivity contribution in [2.75, 3.05) is 7.05 Å². The van der Waals surface area contributed by atoms with Crippen LogP contribution in [0.3, 0.4) is 0 Å². The fourth-order valence-electron chi connectivity index (χ4n) is 2.00. The SMILES string of the molecule is CNC(C)Cc1nc(-c2ccc3ccccc3n2)no1. The van der Waals surface area contributed by atoms with E-state index in [9.17, 15) is 0 Å². The average Bonchev–Trinajstić information content (AvgIpc) is 2.95. The van der Waals surface area contributed by atoms with Crippen LogP contribution in [0.5, 0.6) is 0 Å². The van der Waals surface area contributed by atoms with Crippen molar-refractivity contribution in [1.82, 2.24) is 20.4 Å². The van der Waals surface area contributed by atoms with E-state index in [1.54, 1.807) is 0 Å². The van der Waals surface area contributed by atoms with Crippen LogP contribution in [0.2, 0.25) is 0 Å². The van der Waals surface area contributed by atoms with Gasteiger partial charge in [-0.15, -0.1) is 0 Å². The van der Waals surface area contributed by atoms with Gasteiger partial charge in [0.1, 0.15) is 5.69 Å². The Labute approximate surface area is 117 Å². The number of aromatic nitrogens is 3. The van der Waals surface area contributed by atoms with Crippen molar-refractivity contribution in [3.8, 4) is 11.5 Å². The van der Waals surface area contributed by atoms with E-state index in [-0.39, 0.29) is 0 Å². The molecule has 1 atom stereocenters. The summed E-state index contributed by atoms with van der Waals surface area (Å²) in [6.07, 6.45) is 0.705. The molecule has 2 aromatic heterocycles. The molecule has 1 unspecified atom stereocenters. The molecule has 0 bridgehead atoms. The molecule has 0 radical (unpaired) electrons. The predicted molar refractivity (Wildman–Crippen MR) is 77.3 cm³/mol. The van der Waals surface area contributed by atoms with Crippen LogP contribution in [0.1, 0.15) is 12.8 Å². The Hall–Kier alpha value is -2.27. The highest BCUT2D eigenvalue weighted by Crippen LogP contribution is 2.18. The third-order valence-electron chi connectivity index (χ3n) is 3.27. The van der Waals surface area contributed by atoms with Crippen LogP contribution < -0.4 is 5.32 Å². The van der Waals surface area contributed by atoms with Crippen LogP contribution in [0, 0.1) is 0 Å². The maximum atomic E-state index is 5.26. The van der Waals surface area contributed by atoms with Gasteiger partial charge >= 0.3 is 0 Å². The fourth-order valence-corrected chi connectivity index (χ4v) is 2.00. The van der Waals surface area contributed by atoms with E-state index in [2.05, 4.69) is 27.4 Å². The van der Waals surface area contributed by atoms with Crippen molar-refractivity contribution in [2.45, 2.75) is 19.4 Å². The van der Waals surface area contributed by atoms with Gasteiger partial charge < -0.3 is 9.84 Å². The topological polar surface area (TPSA) is 63.8 Å². The second-order valence-corrected chi connectivity index (χ2v) is 4.79. The van der Waals surface area contributed by atoms with Crippen molar-refractivity contribution in [3.05, 3.63) is 42.3 Å². The smallest absolute Gasteiger partial charge is 0.228 e. The molecule has 1 aromatic carbocycles. The first kappa shape index (κ1) is 12.7. The van der Waals surface area contributed by atoms with Gasteiger partial charge in [-0.2, -0.15) is 4.98 Å². The highest BCUT2D eigenvalue weighted by Gasteiger charge is 2.12. The summed E-state index contributed by atoms with van der Waals surface area (Å²) in [6, 6.07) is 12.2. The van der Waals surface area contributed by atoms with Gasteiger partial charge in [0.15, 0.2) is 0 Å². The van der Waals surface area contributed by atoms with Gasteiger partial charge in [0.2, 0.25) is 11.7 Å². The van der Waals surface area contributed by atoms with E-state index in [1.165, 1.54) is 0 Å². The molecular weight excluding hydrogens is 252 g/mol. The maximum Gasteiger partial charge on any atom is 0.228 e. The molecule has 102 valence electrons. The minimum absolute atomic E-state index is 0.299. The van der Waals surface area contributed by atoms with E-state index < -0.39 is 0 Å². The Bertz CT molecular complexity index is 722. The quantitative estimate of drug-likeness (QED) is 0.787. The summed E-state index contributed by atoms with van der Waals surface area (Å²) in [5.41, 5.74) is 1.66. The lowest BCUT2D eigenvalue weighted by atomic mass is 10.2. The van der Waals surface area contributed by atoms with Gasteiger partial charge in [-0.25, -0.2) is 4.98 Å². The van der Waals surface area contributed by atoms with Crippen molar-refractivity contribution >= 4 is 10.9 Å². The van der Waals surface area contributed by atoms with E-state index in [0.717, 1.165) is 16.6 Å². The molecule has 3 rings (SSSR count). The van der Waals surface area contributed by atoms with Gasteiger partial charge in [-0.3, -0.25) is 0 Å². The van der Waals surface area contributed by atoms with E-state index >= 15 is 0 Å². The highest BCUT2D eigenvalue weighted by atomic mass is 16.5. The van der Waals surface area contributed by atoms with E-state index in [4.69, 9.17) is 4.52 Å². The molecule has 3 aromatic rings. The van der Waals surface area contributed by atoms with Crippen LogP contribution in [-0.2, 0) is 6.42 Å². The Kier molecular flexibility index (Phi) is 3.43. The average molecular weight is 268 g/mol. The number of fused-ring (bicyclic) bond motifs is 1. The normalized spacial score (nSPS) is 12.7. The summed E-state index contributed by atoms with van der Waals surface area (Å²) in [7, 11) is 1.91. The van der Waals surface area contributed by atoms with Crippen LogP contribution in [-0.4, -0.2) is 28.2 Å². The number of rotatable bonds is 4. The molecule has 0 saturated heterocycles. The van der Waals surface area contributed by atoms with Gasteiger partial charge in [-0.1, -0.05) is 29.4 Å².